The zero-order valence-corrected chi connectivity index (χ0v) is 17.8. The van der Waals surface area contributed by atoms with Gasteiger partial charge in [-0.15, -0.1) is 0 Å². The van der Waals surface area contributed by atoms with Crippen LogP contribution >= 0.6 is 23.2 Å². The third kappa shape index (κ3) is 13.0. The molecule has 0 unspecified atom stereocenters. The summed E-state index contributed by atoms with van der Waals surface area (Å²) in [4.78, 5) is 27.3. The van der Waals surface area contributed by atoms with Gasteiger partial charge < -0.3 is 11.1 Å². The summed E-state index contributed by atoms with van der Waals surface area (Å²) in [5, 5.41) is 24.5. The quantitative estimate of drug-likeness (QED) is 0.299. The van der Waals surface area contributed by atoms with E-state index in [1.54, 1.807) is 24.4 Å². The Morgan fingerprint density at radius 3 is 1.85 bits per heavy atom. The van der Waals surface area contributed by atoms with Crippen molar-refractivity contribution in [3.8, 4) is 0 Å². The molecule has 12 heteroatoms. The van der Waals surface area contributed by atoms with Crippen molar-refractivity contribution < 1.29 is 9.85 Å². The van der Waals surface area contributed by atoms with Crippen LogP contribution < -0.4 is 11.1 Å². The second-order valence-electron chi connectivity index (χ2n) is 6.68. The number of hydrogen-bond donors (Lipinski definition) is 2. The Morgan fingerprint density at radius 2 is 1.45 bits per heavy atom. The van der Waals surface area contributed by atoms with Gasteiger partial charge in [0.15, 0.2) is 0 Å². The lowest BCUT2D eigenvalue weighted by Gasteiger charge is -2.07. The number of nitro groups is 2. The van der Waals surface area contributed by atoms with E-state index in [4.69, 9.17) is 28.9 Å². The van der Waals surface area contributed by atoms with Gasteiger partial charge in [0.2, 0.25) is 0 Å². The fourth-order valence-corrected chi connectivity index (χ4v) is 2.63. The Kier molecular flexibility index (Phi) is 13.3. The summed E-state index contributed by atoms with van der Waals surface area (Å²) < 4.78 is 0. The first kappa shape index (κ1) is 29.8. The molecule has 33 heavy (non-hydrogen) atoms. The van der Waals surface area contributed by atoms with Gasteiger partial charge in [0.05, 0.1) is 21.2 Å². The largest absolute Gasteiger partial charge is 0.397 e. The van der Waals surface area contributed by atoms with Gasteiger partial charge in [-0.2, -0.15) is 0 Å². The minimum atomic E-state index is -0.585. The standard InChI is InChI=1S/C11H12ClN3O2.C8H8ClN3O2.2CH4/c12-11-4-1-8(6-13-11)5-10(7-15(16)17)14-9-2-3-9;9-8-2-1-6(4-11-8)3-7(10)5-12(13)14;;/h1,4,6-7,9,14H,2-3,5H2;1-2,4-5H,3,10H2;2*1H4/b10-7-;7-5-;;. The summed E-state index contributed by atoms with van der Waals surface area (Å²) in [6, 6.07) is 7.21. The first-order valence-corrected chi connectivity index (χ1v) is 9.88. The van der Waals surface area contributed by atoms with Gasteiger partial charge in [0.1, 0.15) is 10.3 Å². The van der Waals surface area contributed by atoms with Crippen LogP contribution in [0.5, 0.6) is 0 Å². The summed E-state index contributed by atoms with van der Waals surface area (Å²) in [6.07, 6.45) is 7.88. The van der Waals surface area contributed by atoms with Crippen molar-refractivity contribution in [1.29, 1.82) is 0 Å². The number of nitrogens with zero attached hydrogens (tertiary/aromatic N) is 4. The van der Waals surface area contributed by atoms with E-state index < -0.39 is 9.85 Å². The van der Waals surface area contributed by atoms with Crippen molar-refractivity contribution in [2.24, 2.45) is 5.73 Å². The summed E-state index contributed by atoms with van der Waals surface area (Å²) in [6.45, 7) is 0. The van der Waals surface area contributed by atoms with Crippen LogP contribution in [0.25, 0.3) is 0 Å². The van der Waals surface area contributed by atoms with Crippen molar-refractivity contribution in [2.45, 2.75) is 46.6 Å². The van der Waals surface area contributed by atoms with Gasteiger partial charge >= 0.3 is 0 Å². The molecule has 0 bridgehead atoms. The van der Waals surface area contributed by atoms with E-state index in [1.165, 1.54) is 6.20 Å². The molecule has 0 spiro atoms. The molecular weight excluding hydrogens is 471 g/mol. The summed E-state index contributed by atoms with van der Waals surface area (Å²) in [7, 11) is 0. The molecule has 2 aromatic rings. The van der Waals surface area contributed by atoms with Crippen LogP contribution in [0.3, 0.4) is 0 Å². The number of aromatic nitrogens is 2. The lowest BCUT2D eigenvalue weighted by atomic mass is 10.1. The fraction of sp³-hybridized carbons (Fsp3) is 0.333. The molecule has 1 saturated carbocycles. The van der Waals surface area contributed by atoms with Gasteiger partial charge in [-0.05, 0) is 36.1 Å². The monoisotopic (exact) mass is 498 g/mol. The second kappa shape index (κ2) is 14.8. The van der Waals surface area contributed by atoms with Crippen molar-refractivity contribution in [3.05, 3.63) is 102 Å². The molecule has 2 heterocycles. The molecule has 0 amide bonds. The Morgan fingerprint density at radius 1 is 0.970 bits per heavy atom. The zero-order chi connectivity index (χ0) is 22.8. The number of hydrogen-bond acceptors (Lipinski definition) is 8. The average molecular weight is 499 g/mol. The minimum Gasteiger partial charge on any atom is -0.397 e. The molecule has 0 radical (unpaired) electrons. The predicted molar refractivity (Wildman–Crippen MR) is 130 cm³/mol. The van der Waals surface area contributed by atoms with E-state index in [2.05, 4.69) is 15.3 Å². The maximum atomic E-state index is 10.5. The molecule has 3 rings (SSSR count). The molecule has 0 aromatic carbocycles. The average Bonchev–Trinajstić information content (AvgIpc) is 3.49. The molecule has 2 aromatic heterocycles. The molecule has 0 aliphatic heterocycles. The maximum Gasteiger partial charge on any atom is 0.253 e. The summed E-state index contributed by atoms with van der Waals surface area (Å²) in [5.41, 5.74) is 7.88. The van der Waals surface area contributed by atoms with Crippen molar-refractivity contribution in [3.63, 3.8) is 0 Å². The number of halogens is 2. The highest BCUT2D eigenvalue weighted by Crippen LogP contribution is 2.21. The molecule has 10 nitrogen and oxygen atoms in total. The van der Waals surface area contributed by atoms with Crippen LogP contribution in [0.4, 0.5) is 0 Å². The van der Waals surface area contributed by atoms with Gasteiger partial charge in [-0.1, -0.05) is 50.2 Å². The molecule has 1 aliphatic rings. The highest BCUT2D eigenvalue weighted by molar-refractivity contribution is 6.29. The van der Waals surface area contributed by atoms with Crippen LogP contribution in [0.2, 0.25) is 10.3 Å². The van der Waals surface area contributed by atoms with Crippen LogP contribution in [-0.4, -0.2) is 25.9 Å². The lowest BCUT2D eigenvalue weighted by Crippen LogP contribution is -2.18. The Bertz CT molecular complexity index is 962. The number of nitrogens with two attached hydrogens (primary N) is 1. The van der Waals surface area contributed by atoms with Crippen molar-refractivity contribution >= 4 is 23.2 Å². The minimum absolute atomic E-state index is 0. The molecule has 1 aliphatic carbocycles. The molecule has 1 fully saturated rings. The van der Waals surface area contributed by atoms with E-state index in [1.807, 2.05) is 6.07 Å². The first-order chi connectivity index (χ1) is 14.7. The van der Waals surface area contributed by atoms with E-state index in [0.29, 0.717) is 34.9 Å². The molecule has 3 N–H and O–H groups in total. The van der Waals surface area contributed by atoms with E-state index in [0.717, 1.165) is 36.4 Å². The van der Waals surface area contributed by atoms with Crippen LogP contribution in [0.15, 0.2) is 60.5 Å². The Hall–Kier alpha value is -3.24. The van der Waals surface area contributed by atoms with Gasteiger partial charge in [0, 0.05) is 31.3 Å². The summed E-state index contributed by atoms with van der Waals surface area (Å²) >= 11 is 11.2. The Balaban J connectivity index is 0.000000596. The van der Waals surface area contributed by atoms with E-state index in [9.17, 15) is 20.2 Å². The molecule has 180 valence electrons. The number of rotatable bonds is 8. The Labute approximate surface area is 202 Å². The van der Waals surface area contributed by atoms with Gasteiger partial charge in [-0.25, -0.2) is 9.97 Å². The van der Waals surface area contributed by atoms with Crippen molar-refractivity contribution in [2.75, 3.05) is 0 Å². The third-order valence-corrected chi connectivity index (χ3v) is 4.33. The van der Waals surface area contributed by atoms with Gasteiger partial charge in [-0.3, -0.25) is 20.2 Å². The number of allylic oxidation sites excluding steroid dienone is 2. The predicted octanol–water partition coefficient (Wildman–Crippen LogP) is 4.77. The molecular formula is C21H28Cl2N6O4. The van der Waals surface area contributed by atoms with E-state index in [-0.39, 0.29) is 20.6 Å². The maximum absolute atomic E-state index is 10.5. The normalized spacial score (nSPS) is 12.9. The smallest absolute Gasteiger partial charge is 0.253 e. The lowest BCUT2D eigenvalue weighted by molar-refractivity contribution is -0.403. The highest BCUT2D eigenvalue weighted by atomic mass is 35.5. The van der Waals surface area contributed by atoms with E-state index >= 15 is 0 Å². The van der Waals surface area contributed by atoms with Crippen molar-refractivity contribution in [1.82, 2.24) is 15.3 Å². The molecule has 0 atom stereocenters. The number of pyridine rings is 2. The fourth-order valence-electron chi connectivity index (χ4n) is 2.41. The summed E-state index contributed by atoms with van der Waals surface area (Å²) in [5.74, 6) is 0. The van der Waals surface area contributed by atoms with Gasteiger partial charge in [0.25, 0.3) is 12.4 Å². The SMILES string of the molecule is C.C.N/C(=C\[N+](=O)[O-])Cc1ccc(Cl)nc1.O=[N+]([O-])/C=C(/Cc1ccc(Cl)nc1)NC1CC1. The topological polar surface area (TPSA) is 150 Å². The van der Waals surface area contributed by atoms with Crippen LogP contribution in [0.1, 0.15) is 38.8 Å². The number of nitrogens with one attached hydrogen (secondary N) is 1. The third-order valence-electron chi connectivity index (χ3n) is 3.88. The zero-order valence-electron chi connectivity index (χ0n) is 16.3. The highest BCUT2D eigenvalue weighted by Gasteiger charge is 2.22. The second-order valence-corrected chi connectivity index (χ2v) is 7.45. The van der Waals surface area contributed by atoms with Crippen LogP contribution in [0, 0.1) is 20.2 Å². The van der Waals surface area contributed by atoms with Crippen LogP contribution in [-0.2, 0) is 12.8 Å². The molecule has 0 saturated heterocycles. The first-order valence-electron chi connectivity index (χ1n) is 9.12.